The molecule has 0 saturated heterocycles. The van der Waals surface area contributed by atoms with Crippen LogP contribution in [0.3, 0.4) is 0 Å². The number of hydrogen-bond acceptors (Lipinski definition) is 2. The van der Waals surface area contributed by atoms with Crippen molar-refractivity contribution in [1.29, 1.82) is 0 Å². The number of aliphatic carboxylic acids is 2. The number of rotatable bonds is 2. The summed E-state index contributed by atoms with van der Waals surface area (Å²) in [5, 5.41) is 16.2. The van der Waals surface area contributed by atoms with Crippen molar-refractivity contribution in [1.82, 2.24) is 0 Å². The third kappa shape index (κ3) is 1.73. The second kappa shape index (κ2) is 4.99. The minimum atomic E-state index is -2.65. The van der Waals surface area contributed by atoms with Crippen LogP contribution >= 0.6 is 69.6 Å². The van der Waals surface area contributed by atoms with Crippen molar-refractivity contribution in [2.75, 3.05) is 0 Å². The summed E-state index contributed by atoms with van der Waals surface area (Å²) in [5.41, 5.74) is 1.08. The molecule has 23 heavy (non-hydrogen) atoms. The zero-order chi connectivity index (χ0) is 17.6. The van der Waals surface area contributed by atoms with Crippen LogP contribution in [-0.4, -0.2) is 52.4 Å². The van der Waals surface area contributed by atoms with E-state index in [1.807, 2.05) is 0 Å². The molecule has 2 fully saturated rings. The summed E-state index contributed by atoms with van der Waals surface area (Å²) in [6, 6.07) is 0. The first-order valence-electron chi connectivity index (χ1n) is 6.62. The van der Waals surface area contributed by atoms with Crippen LogP contribution in [0.4, 0.5) is 0 Å². The fourth-order valence-electron chi connectivity index (χ4n) is 4.00. The number of hydrogen-bond donors (Lipinski definition) is 2. The van der Waals surface area contributed by atoms with E-state index in [0.29, 0.717) is 24.8 Å². The highest BCUT2D eigenvalue weighted by Gasteiger charge is 2.81. The van der Waals surface area contributed by atoms with Crippen LogP contribution in [0.15, 0.2) is 11.1 Å². The first-order valence-corrected chi connectivity index (χ1v) is 9.00. The van der Waals surface area contributed by atoms with Crippen molar-refractivity contribution < 1.29 is 19.8 Å². The molecule has 0 aromatic heterocycles. The molecule has 3 aliphatic rings. The van der Waals surface area contributed by atoms with E-state index in [0.717, 1.165) is 5.57 Å². The van der Waals surface area contributed by atoms with Gasteiger partial charge >= 0.3 is 11.9 Å². The molecule has 128 valence electrons. The van der Waals surface area contributed by atoms with Gasteiger partial charge in [0.2, 0.25) is 0 Å². The zero-order valence-electron chi connectivity index (χ0n) is 11.3. The average molecular weight is 443 g/mol. The molecule has 0 radical (unpaired) electrons. The van der Waals surface area contributed by atoms with E-state index >= 15 is 0 Å². The lowest BCUT2D eigenvalue weighted by molar-refractivity contribution is -0.151. The second-order valence-electron chi connectivity index (χ2n) is 6.13. The van der Waals surface area contributed by atoms with Gasteiger partial charge in [0.25, 0.3) is 0 Å². The Morgan fingerprint density at radius 1 is 1.00 bits per heavy atom. The van der Waals surface area contributed by atoms with Gasteiger partial charge in [-0.15, -0.1) is 69.6 Å². The van der Waals surface area contributed by atoms with Crippen LogP contribution in [0.2, 0.25) is 0 Å². The fraction of sp³-hybridized carbons (Fsp3) is 0.692. The summed E-state index contributed by atoms with van der Waals surface area (Å²) in [7, 11) is 0. The lowest BCUT2D eigenvalue weighted by Crippen LogP contribution is -2.76. The first-order chi connectivity index (χ1) is 10.4. The van der Waals surface area contributed by atoms with Crippen molar-refractivity contribution in [2.24, 2.45) is 0 Å². The summed E-state index contributed by atoms with van der Waals surface area (Å²) in [4.78, 5) is 15.8. The van der Waals surface area contributed by atoms with Crippen molar-refractivity contribution >= 4 is 81.5 Å². The molecule has 6 unspecified atom stereocenters. The molecule has 0 aromatic rings. The average Bonchev–Trinajstić information content (AvgIpc) is 2.95. The molecule has 2 bridgehead atoms. The van der Waals surface area contributed by atoms with Gasteiger partial charge in [0, 0.05) is 0 Å². The van der Waals surface area contributed by atoms with Crippen LogP contribution in [0, 0.1) is 0 Å². The van der Waals surface area contributed by atoms with E-state index in [1.54, 1.807) is 0 Å². The maximum Gasteiger partial charge on any atom is 0.329 e. The number of carboxylic acids is 2. The molecule has 10 heteroatoms. The van der Waals surface area contributed by atoms with Crippen LogP contribution in [0.25, 0.3) is 0 Å². The van der Waals surface area contributed by atoms with Gasteiger partial charge in [-0.3, -0.25) is 9.59 Å². The molecule has 2 saturated carbocycles. The topological polar surface area (TPSA) is 74.6 Å². The van der Waals surface area contributed by atoms with Crippen molar-refractivity contribution in [3.8, 4) is 0 Å². The summed E-state index contributed by atoms with van der Waals surface area (Å²) < 4.78 is 0. The van der Waals surface area contributed by atoms with Gasteiger partial charge in [0.05, 0.1) is 15.6 Å². The van der Waals surface area contributed by atoms with E-state index in [1.165, 1.54) is 0 Å². The molecule has 2 N–H and O–H groups in total. The molecular formula is C13H10Cl6O4. The van der Waals surface area contributed by atoms with Crippen LogP contribution in [0.1, 0.15) is 19.3 Å². The first kappa shape index (κ1) is 18.2. The number of alkyl halides is 6. The molecule has 0 spiro atoms. The van der Waals surface area contributed by atoms with E-state index in [2.05, 4.69) is 0 Å². The number of allylic oxidation sites excluding steroid dienone is 2. The Bertz CT molecular complexity index is 667. The number of carbonyl (C=O) groups is 2. The standard InChI is InChI=1S/C13H10Cl6O4/c14-6-5-4-1-2-10(16,3-4)11(5,17)7(15)13(19,9(22)23)12(6,18)8(20)21/h6-7H,1-3H2,(H,20,21)(H,22,23). The molecule has 0 amide bonds. The van der Waals surface area contributed by atoms with E-state index in [-0.39, 0.29) is 0 Å². The summed E-state index contributed by atoms with van der Waals surface area (Å²) in [6.45, 7) is 0. The lowest BCUT2D eigenvalue weighted by Gasteiger charge is -2.56. The Labute approximate surface area is 161 Å². The van der Waals surface area contributed by atoms with Crippen molar-refractivity contribution in [3.63, 3.8) is 0 Å². The van der Waals surface area contributed by atoms with Crippen LogP contribution < -0.4 is 0 Å². The van der Waals surface area contributed by atoms with E-state index < -0.39 is 42.2 Å². The molecule has 0 aromatic carbocycles. The van der Waals surface area contributed by atoms with Gasteiger partial charge < -0.3 is 10.2 Å². The quantitative estimate of drug-likeness (QED) is 0.504. The normalized spacial score (nSPS) is 51.7. The minimum Gasteiger partial charge on any atom is -0.480 e. The molecule has 3 rings (SSSR count). The Balaban J connectivity index is 2.35. The van der Waals surface area contributed by atoms with E-state index in [9.17, 15) is 19.8 Å². The highest BCUT2D eigenvalue weighted by molar-refractivity contribution is 6.57. The maximum absolute atomic E-state index is 11.9. The number of carboxylic acid groups (broad SMARTS) is 2. The Hall–Kier alpha value is 0.420. The van der Waals surface area contributed by atoms with E-state index in [4.69, 9.17) is 69.6 Å². The molecule has 3 aliphatic carbocycles. The monoisotopic (exact) mass is 440 g/mol. The number of fused-ring (bicyclic) bond motifs is 4. The van der Waals surface area contributed by atoms with Gasteiger partial charge in [-0.05, 0) is 24.8 Å². The third-order valence-electron chi connectivity index (χ3n) is 5.19. The fourth-order valence-corrected chi connectivity index (χ4v) is 7.15. The SMILES string of the molecule is O=C(O)C1(Cl)C(Cl)C2=C3CCC(Cl)(C3)C2(Cl)C(Cl)C1(Cl)C(=O)O. The predicted octanol–water partition coefficient (Wildman–Crippen LogP) is 3.79. The predicted molar refractivity (Wildman–Crippen MR) is 89.8 cm³/mol. The minimum absolute atomic E-state index is 0.303. The highest BCUT2D eigenvalue weighted by atomic mass is 35.5. The Morgan fingerprint density at radius 3 is 2.00 bits per heavy atom. The molecular weight excluding hydrogens is 433 g/mol. The molecule has 6 atom stereocenters. The van der Waals surface area contributed by atoms with Gasteiger partial charge in [0.1, 0.15) is 4.87 Å². The number of halogens is 6. The Morgan fingerprint density at radius 2 is 1.52 bits per heavy atom. The highest BCUT2D eigenvalue weighted by Crippen LogP contribution is 2.71. The van der Waals surface area contributed by atoms with Gasteiger partial charge in [-0.2, -0.15) is 0 Å². The second-order valence-corrected chi connectivity index (χ2v) is 9.51. The summed E-state index contributed by atoms with van der Waals surface area (Å²) in [5.74, 6) is -3.39. The smallest absolute Gasteiger partial charge is 0.329 e. The zero-order valence-corrected chi connectivity index (χ0v) is 15.8. The van der Waals surface area contributed by atoms with Crippen LogP contribution in [0.5, 0.6) is 0 Å². The van der Waals surface area contributed by atoms with Crippen molar-refractivity contribution in [3.05, 3.63) is 11.1 Å². The summed E-state index contributed by atoms with van der Waals surface area (Å²) >= 11 is 38.5. The lowest BCUT2D eigenvalue weighted by atomic mass is 9.64. The molecule has 0 aliphatic heterocycles. The van der Waals surface area contributed by atoms with Crippen LogP contribution in [-0.2, 0) is 9.59 Å². The summed E-state index contributed by atoms with van der Waals surface area (Å²) in [6.07, 6.45) is 1.40. The maximum atomic E-state index is 11.9. The van der Waals surface area contributed by atoms with Gasteiger partial charge in [0.15, 0.2) is 9.75 Å². The largest absolute Gasteiger partial charge is 0.480 e. The van der Waals surface area contributed by atoms with Gasteiger partial charge in [-0.1, -0.05) is 5.57 Å². The molecule has 4 nitrogen and oxygen atoms in total. The Kier molecular flexibility index (Phi) is 3.95. The third-order valence-corrected chi connectivity index (χ3v) is 9.68. The molecule has 0 heterocycles. The van der Waals surface area contributed by atoms with Crippen molar-refractivity contribution in [2.45, 2.75) is 49.5 Å². The van der Waals surface area contributed by atoms with Gasteiger partial charge in [-0.25, -0.2) is 0 Å².